The number of nitro benzene ring substituents is 1. The normalized spacial score (nSPS) is 17.8. The molecule has 0 radical (unpaired) electrons. The van der Waals surface area contributed by atoms with Crippen molar-refractivity contribution in [2.45, 2.75) is 30.7 Å². The Morgan fingerprint density at radius 3 is 2.48 bits per heavy atom. The summed E-state index contributed by atoms with van der Waals surface area (Å²) in [7, 11) is -1.82. The molecule has 21 heavy (non-hydrogen) atoms. The molecule has 8 heteroatoms. The molecule has 116 valence electrons. The van der Waals surface area contributed by atoms with Crippen LogP contribution >= 0.6 is 0 Å². The van der Waals surface area contributed by atoms with E-state index in [0.29, 0.717) is 24.7 Å². The van der Waals surface area contributed by atoms with Crippen LogP contribution in [0.2, 0.25) is 0 Å². The molecule has 1 aromatic carbocycles. The highest BCUT2D eigenvalue weighted by Crippen LogP contribution is 2.26. The molecule has 2 rings (SSSR count). The van der Waals surface area contributed by atoms with Crippen LogP contribution < -0.4 is 5.32 Å². The maximum atomic E-state index is 12.7. The third kappa shape index (κ3) is 3.22. The predicted octanol–water partition coefficient (Wildman–Crippen LogP) is 1.28. The van der Waals surface area contributed by atoms with Gasteiger partial charge in [0.1, 0.15) is 0 Å². The lowest BCUT2D eigenvalue weighted by Gasteiger charge is -2.31. The summed E-state index contributed by atoms with van der Waals surface area (Å²) >= 11 is 0. The Bertz CT molecular complexity index is 637. The second kappa shape index (κ2) is 6.08. The van der Waals surface area contributed by atoms with Crippen molar-refractivity contribution in [1.82, 2.24) is 9.62 Å². The molecule has 1 N–H and O–H groups in total. The Morgan fingerprint density at radius 1 is 1.33 bits per heavy atom. The number of hydrogen-bond acceptors (Lipinski definition) is 5. The molecule has 0 aliphatic carbocycles. The SMILES string of the molecule is CNC1CCN(S(=O)(=O)c2cc([N+](=O)[O-])ccc2C)CC1. The fraction of sp³-hybridized carbons (Fsp3) is 0.538. The number of non-ortho nitro benzene ring substituents is 1. The minimum Gasteiger partial charge on any atom is -0.317 e. The van der Waals surface area contributed by atoms with Gasteiger partial charge in [0.15, 0.2) is 0 Å². The number of hydrogen-bond donors (Lipinski definition) is 1. The van der Waals surface area contributed by atoms with Gasteiger partial charge in [0.05, 0.1) is 9.82 Å². The van der Waals surface area contributed by atoms with Crippen LogP contribution in [-0.2, 0) is 10.0 Å². The first kappa shape index (κ1) is 15.9. The summed E-state index contributed by atoms with van der Waals surface area (Å²) in [5, 5.41) is 14.0. The zero-order chi connectivity index (χ0) is 15.6. The molecular formula is C13H19N3O4S. The lowest BCUT2D eigenvalue weighted by Crippen LogP contribution is -2.44. The molecule has 0 saturated carbocycles. The third-order valence-corrected chi connectivity index (χ3v) is 5.90. The van der Waals surface area contributed by atoms with Crippen molar-refractivity contribution >= 4 is 15.7 Å². The lowest BCUT2D eigenvalue weighted by molar-refractivity contribution is -0.385. The highest BCUT2D eigenvalue weighted by atomic mass is 32.2. The largest absolute Gasteiger partial charge is 0.317 e. The highest BCUT2D eigenvalue weighted by Gasteiger charge is 2.31. The van der Waals surface area contributed by atoms with Crippen molar-refractivity contribution in [3.05, 3.63) is 33.9 Å². The van der Waals surface area contributed by atoms with Crippen LogP contribution in [0.5, 0.6) is 0 Å². The Labute approximate surface area is 124 Å². The minimum absolute atomic E-state index is 0.0274. The van der Waals surface area contributed by atoms with E-state index in [9.17, 15) is 18.5 Å². The van der Waals surface area contributed by atoms with Gasteiger partial charge in [0, 0.05) is 31.3 Å². The smallest absolute Gasteiger partial charge is 0.270 e. The van der Waals surface area contributed by atoms with Crippen molar-refractivity contribution in [3.8, 4) is 0 Å². The predicted molar refractivity (Wildman–Crippen MR) is 78.7 cm³/mol. The van der Waals surface area contributed by atoms with Crippen LogP contribution in [0.15, 0.2) is 23.1 Å². The first-order valence-electron chi connectivity index (χ1n) is 6.78. The van der Waals surface area contributed by atoms with Gasteiger partial charge in [-0.2, -0.15) is 4.31 Å². The zero-order valence-corrected chi connectivity index (χ0v) is 12.9. The number of rotatable bonds is 4. The summed E-state index contributed by atoms with van der Waals surface area (Å²) < 4.78 is 26.7. The van der Waals surface area contributed by atoms with Gasteiger partial charge in [-0.3, -0.25) is 10.1 Å². The van der Waals surface area contributed by atoms with Crippen molar-refractivity contribution in [2.75, 3.05) is 20.1 Å². The standard InChI is InChI=1S/C13H19N3O4S/c1-10-3-4-12(16(17)18)9-13(10)21(19,20)15-7-5-11(14-2)6-8-15/h3-4,9,11,14H,5-8H2,1-2H3. The van der Waals surface area contributed by atoms with Crippen molar-refractivity contribution in [2.24, 2.45) is 0 Å². The van der Waals surface area contributed by atoms with Crippen LogP contribution in [0.1, 0.15) is 18.4 Å². The van der Waals surface area contributed by atoms with Crippen LogP contribution in [0.3, 0.4) is 0 Å². The Kier molecular flexibility index (Phi) is 4.60. The molecule has 1 aliphatic heterocycles. The number of nitro groups is 1. The van der Waals surface area contributed by atoms with Gasteiger partial charge >= 0.3 is 0 Å². The fourth-order valence-electron chi connectivity index (χ4n) is 2.50. The van der Waals surface area contributed by atoms with E-state index in [2.05, 4.69) is 5.32 Å². The number of piperidine rings is 1. The molecule has 0 bridgehead atoms. The first-order valence-corrected chi connectivity index (χ1v) is 8.22. The summed E-state index contributed by atoms with van der Waals surface area (Å²) in [6.07, 6.45) is 1.48. The average molecular weight is 313 g/mol. The van der Waals surface area contributed by atoms with Gasteiger partial charge in [0.25, 0.3) is 5.69 Å². The fourth-order valence-corrected chi connectivity index (χ4v) is 4.22. The minimum atomic E-state index is -3.68. The number of benzene rings is 1. The van der Waals surface area contributed by atoms with E-state index in [1.807, 2.05) is 7.05 Å². The molecule has 1 aromatic rings. The molecule has 1 heterocycles. The van der Waals surface area contributed by atoms with Gasteiger partial charge in [-0.1, -0.05) is 6.07 Å². The van der Waals surface area contributed by atoms with Crippen LogP contribution in [0.25, 0.3) is 0 Å². The summed E-state index contributed by atoms with van der Waals surface area (Å²) in [5.74, 6) is 0. The molecule has 0 aromatic heterocycles. The second-order valence-electron chi connectivity index (χ2n) is 5.17. The number of aryl methyl sites for hydroxylation is 1. The first-order chi connectivity index (χ1) is 9.86. The van der Waals surface area contributed by atoms with Crippen LogP contribution in [0.4, 0.5) is 5.69 Å². The Balaban J connectivity index is 2.32. The molecule has 1 aliphatic rings. The van der Waals surface area contributed by atoms with Crippen molar-refractivity contribution < 1.29 is 13.3 Å². The highest BCUT2D eigenvalue weighted by molar-refractivity contribution is 7.89. The molecule has 0 atom stereocenters. The zero-order valence-electron chi connectivity index (χ0n) is 12.1. The molecule has 1 fully saturated rings. The molecule has 0 amide bonds. The molecular weight excluding hydrogens is 294 g/mol. The van der Waals surface area contributed by atoms with E-state index in [-0.39, 0.29) is 10.6 Å². The van der Waals surface area contributed by atoms with E-state index in [0.717, 1.165) is 18.9 Å². The van der Waals surface area contributed by atoms with Gasteiger partial charge in [-0.25, -0.2) is 8.42 Å². The second-order valence-corrected chi connectivity index (χ2v) is 7.08. The van der Waals surface area contributed by atoms with Gasteiger partial charge in [-0.15, -0.1) is 0 Å². The maximum Gasteiger partial charge on any atom is 0.270 e. The van der Waals surface area contributed by atoms with E-state index in [1.165, 1.54) is 16.4 Å². The topological polar surface area (TPSA) is 92.6 Å². The quantitative estimate of drug-likeness (QED) is 0.667. The van der Waals surface area contributed by atoms with E-state index >= 15 is 0 Å². The molecule has 1 saturated heterocycles. The third-order valence-electron chi connectivity index (χ3n) is 3.86. The molecule has 0 unspecified atom stereocenters. The molecule has 7 nitrogen and oxygen atoms in total. The average Bonchev–Trinajstić information content (AvgIpc) is 2.47. The van der Waals surface area contributed by atoms with Crippen molar-refractivity contribution in [1.29, 1.82) is 0 Å². The molecule has 0 spiro atoms. The Hall–Kier alpha value is -1.51. The Morgan fingerprint density at radius 2 is 1.95 bits per heavy atom. The van der Waals surface area contributed by atoms with Crippen LogP contribution in [-0.4, -0.2) is 43.8 Å². The van der Waals surface area contributed by atoms with Crippen LogP contribution in [0, 0.1) is 17.0 Å². The van der Waals surface area contributed by atoms with E-state index in [1.54, 1.807) is 6.92 Å². The maximum absolute atomic E-state index is 12.7. The number of nitrogens with one attached hydrogen (secondary N) is 1. The number of sulfonamides is 1. The summed E-state index contributed by atoms with van der Waals surface area (Å²) in [6, 6.07) is 4.27. The summed E-state index contributed by atoms with van der Waals surface area (Å²) in [5.41, 5.74) is 0.320. The van der Waals surface area contributed by atoms with Crippen molar-refractivity contribution in [3.63, 3.8) is 0 Å². The lowest BCUT2D eigenvalue weighted by atomic mass is 10.1. The summed E-state index contributed by atoms with van der Waals surface area (Å²) in [4.78, 5) is 10.3. The van der Waals surface area contributed by atoms with E-state index < -0.39 is 14.9 Å². The number of nitrogens with zero attached hydrogens (tertiary/aromatic N) is 2. The monoisotopic (exact) mass is 313 g/mol. The van der Waals surface area contributed by atoms with Gasteiger partial charge < -0.3 is 5.32 Å². The van der Waals surface area contributed by atoms with E-state index in [4.69, 9.17) is 0 Å². The summed E-state index contributed by atoms with van der Waals surface area (Å²) in [6.45, 7) is 2.50. The van der Waals surface area contributed by atoms with Gasteiger partial charge in [0.2, 0.25) is 10.0 Å². The van der Waals surface area contributed by atoms with Gasteiger partial charge in [-0.05, 0) is 32.4 Å².